The maximum absolute atomic E-state index is 13.0. The zero-order valence-corrected chi connectivity index (χ0v) is 12.0. The van der Waals surface area contributed by atoms with Crippen LogP contribution in [0.4, 0.5) is 5.69 Å². The van der Waals surface area contributed by atoms with Crippen molar-refractivity contribution in [2.24, 2.45) is 5.92 Å². The molecule has 4 atom stereocenters. The Balaban J connectivity index is 1.65. The van der Waals surface area contributed by atoms with Crippen LogP contribution in [0.25, 0.3) is 0 Å². The Morgan fingerprint density at radius 1 is 1.25 bits per heavy atom. The molecule has 0 aromatic heterocycles. The summed E-state index contributed by atoms with van der Waals surface area (Å²) in [5.74, 6) is 0.548. The fraction of sp³-hybridized carbons (Fsp3) is 0.588. The van der Waals surface area contributed by atoms with Gasteiger partial charge >= 0.3 is 0 Å². The van der Waals surface area contributed by atoms with Gasteiger partial charge in [-0.15, -0.1) is 0 Å². The van der Waals surface area contributed by atoms with E-state index in [1.807, 2.05) is 0 Å². The van der Waals surface area contributed by atoms with Crippen LogP contribution in [-0.4, -0.2) is 24.0 Å². The quantitative estimate of drug-likeness (QED) is 0.850. The van der Waals surface area contributed by atoms with Gasteiger partial charge in [-0.25, -0.2) is 0 Å². The van der Waals surface area contributed by atoms with Gasteiger partial charge in [0.25, 0.3) is 0 Å². The average Bonchev–Trinajstić information content (AvgIpc) is 3.09. The van der Waals surface area contributed by atoms with Gasteiger partial charge in [-0.3, -0.25) is 4.79 Å². The Hall–Kier alpha value is -1.35. The number of carbonyl (C=O) groups excluding carboxylic acids is 1. The largest absolute Gasteiger partial charge is 0.310 e. The van der Waals surface area contributed by atoms with Crippen molar-refractivity contribution in [3.8, 4) is 0 Å². The number of nitrogens with one attached hydrogen (secondary N) is 1. The topological polar surface area (TPSA) is 32.3 Å². The Bertz CT molecular complexity index is 542. The molecule has 2 fully saturated rings. The molecule has 0 radical (unpaired) electrons. The van der Waals surface area contributed by atoms with Crippen LogP contribution in [0.15, 0.2) is 24.3 Å². The molecule has 4 rings (SSSR count). The molecule has 1 N–H and O–H groups in total. The summed E-state index contributed by atoms with van der Waals surface area (Å²) in [7, 11) is 0. The van der Waals surface area contributed by atoms with Crippen LogP contribution in [0, 0.1) is 5.92 Å². The minimum Gasteiger partial charge on any atom is -0.310 e. The molecule has 0 spiro atoms. The second-order valence-corrected chi connectivity index (χ2v) is 6.61. The van der Waals surface area contributed by atoms with Crippen LogP contribution >= 0.6 is 0 Å². The standard InChI is InChI=1S/C17H22N2O/c1-11-6-7-12-4-2-3-5-16(12)19(11)17(20)14-10-13-8-9-15(14)18-13/h2-5,11,13-15,18H,6-10H2,1H3. The molecule has 0 saturated carbocycles. The summed E-state index contributed by atoms with van der Waals surface area (Å²) in [4.78, 5) is 15.1. The van der Waals surface area contributed by atoms with Crippen molar-refractivity contribution in [1.29, 1.82) is 0 Å². The van der Waals surface area contributed by atoms with Crippen molar-refractivity contribution < 1.29 is 4.79 Å². The van der Waals surface area contributed by atoms with Gasteiger partial charge in [0.1, 0.15) is 0 Å². The highest BCUT2D eigenvalue weighted by molar-refractivity contribution is 5.97. The summed E-state index contributed by atoms with van der Waals surface area (Å²) in [5.41, 5.74) is 2.48. The molecule has 3 heteroatoms. The van der Waals surface area contributed by atoms with Gasteiger partial charge in [-0.05, 0) is 50.7 Å². The number of amides is 1. The molecule has 3 nitrogen and oxygen atoms in total. The number of anilines is 1. The molecule has 1 aromatic rings. The van der Waals surface area contributed by atoms with E-state index in [1.54, 1.807) is 0 Å². The van der Waals surface area contributed by atoms with Crippen LogP contribution in [0.3, 0.4) is 0 Å². The lowest BCUT2D eigenvalue weighted by atomic mass is 9.86. The maximum atomic E-state index is 13.0. The number of benzene rings is 1. The molecule has 1 amide bonds. The zero-order chi connectivity index (χ0) is 13.7. The van der Waals surface area contributed by atoms with Gasteiger partial charge in [-0.1, -0.05) is 18.2 Å². The van der Waals surface area contributed by atoms with Crippen molar-refractivity contribution in [3.63, 3.8) is 0 Å². The molecule has 20 heavy (non-hydrogen) atoms. The molecule has 2 bridgehead atoms. The lowest BCUT2D eigenvalue weighted by Crippen LogP contribution is -2.47. The summed E-state index contributed by atoms with van der Waals surface area (Å²) >= 11 is 0. The van der Waals surface area contributed by atoms with Crippen LogP contribution in [-0.2, 0) is 11.2 Å². The number of carbonyl (C=O) groups is 1. The lowest BCUT2D eigenvalue weighted by Gasteiger charge is -2.38. The van der Waals surface area contributed by atoms with E-state index >= 15 is 0 Å². The summed E-state index contributed by atoms with van der Waals surface area (Å²) in [6.45, 7) is 2.19. The van der Waals surface area contributed by atoms with Crippen molar-refractivity contribution in [3.05, 3.63) is 29.8 Å². The minimum absolute atomic E-state index is 0.197. The zero-order valence-electron chi connectivity index (χ0n) is 12.0. The van der Waals surface area contributed by atoms with Gasteiger partial charge in [0, 0.05) is 23.8 Å². The van der Waals surface area contributed by atoms with Crippen LogP contribution in [0.1, 0.15) is 38.2 Å². The van der Waals surface area contributed by atoms with Crippen LogP contribution < -0.4 is 10.2 Å². The van der Waals surface area contributed by atoms with Crippen molar-refractivity contribution in [2.75, 3.05) is 4.90 Å². The SMILES string of the molecule is CC1CCc2ccccc2N1C(=O)C1CC2CCC1N2. The Morgan fingerprint density at radius 3 is 2.85 bits per heavy atom. The molecular formula is C17H22N2O. The monoisotopic (exact) mass is 270 g/mol. The maximum Gasteiger partial charge on any atom is 0.231 e. The van der Waals surface area contributed by atoms with E-state index in [1.165, 1.54) is 18.4 Å². The van der Waals surface area contributed by atoms with Crippen molar-refractivity contribution >= 4 is 11.6 Å². The highest BCUT2D eigenvalue weighted by Crippen LogP contribution is 2.38. The van der Waals surface area contributed by atoms with Gasteiger partial charge < -0.3 is 10.2 Å². The number of rotatable bonds is 1. The Morgan fingerprint density at radius 2 is 2.10 bits per heavy atom. The summed E-state index contributed by atoms with van der Waals surface area (Å²) in [6.07, 6.45) is 5.63. The van der Waals surface area contributed by atoms with E-state index in [0.29, 0.717) is 24.0 Å². The molecule has 106 valence electrons. The first kappa shape index (κ1) is 12.4. The third-order valence-electron chi connectivity index (χ3n) is 5.38. The average molecular weight is 270 g/mol. The molecule has 3 heterocycles. The predicted molar refractivity (Wildman–Crippen MR) is 79.8 cm³/mol. The molecule has 2 saturated heterocycles. The Kier molecular flexibility index (Phi) is 2.84. The van der Waals surface area contributed by atoms with Crippen molar-refractivity contribution in [2.45, 2.75) is 57.2 Å². The first-order chi connectivity index (χ1) is 9.74. The number of fused-ring (bicyclic) bond motifs is 3. The fourth-order valence-corrected chi connectivity index (χ4v) is 4.30. The summed E-state index contributed by atoms with van der Waals surface area (Å²) in [6, 6.07) is 9.76. The molecular weight excluding hydrogens is 248 g/mol. The van der Waals surface area contributed by atoms with Crippen LogP contribution in [0.5, 0.6) is 0 Å². The summed E-state index contributed by atoms with van der Waals surface area (Å²) in [5, 5.41) is 3.59. The van der Waals surface area contributed by atoms with Crippen LogP contribution in [0.2, 0.25) is 0 Å². The second-order valence-electron chi connectivity index (χ2n) is 6.61. The van der Waals surface area contributed by atoms with Crippen molar-refractivity contribution in [1.82, 2.24) is 5.32 Å². The van der Waals surface area contributed by atoms with E-state index < -0.39 is 0 Å². The summed E-state index contributed by atoms with van der Waals surface area (Å²) < 4.78 is 0. The van der Waals surface area contributed by atoms with Gasteiger partial charge in [0.05, 0.1) is 5.92 Å². The van der Waals surface area contributed by atoms with E-state index in [2.05, 4.69) is 41.4 Å². The lowest BCUT2D eigenvalue weighted by molar-refractivity contribution is -0.123. The fourth-order valence-electron chi connectivity index (χ4n) is 4.30. The van der Waals surface area contributed by atoms with Gasteiger partial charge in [-0.2, -0.15) is 0 Å². The number of hydrogen-bond acceptors (Lipinski definition) is 2. The van der Waals surface area contributed by atoms with E-state index in [-0.39, 0.29) is 5.92 Å². The Labute approximate surface area is 120 Å². The van der Waals surface area contributed by atoms with E-state index in [4.69, 9.17) is 0 Å². The number of para-hydroxylation sites is 1. The third-order valence-corrected chi connectivity index (χ3v) is 5.38. The normalized spacial score (nSPS) is 35.1. The van der Waals surface area contributed by atoms with E-state index in [9.17, 15) is 4.79 Å². The first-order valence-corrected chi connectivity index (χ1v) is 7.91. The van der Waals surface area contributed by atoms with Gasteiger partial charge in [0.15, 0.2) is 0 Å². The van der Waals surface area contributed by atoms with E-state index in [0.717, 1.165) is 24.9 Å². The smallest absolute Gasteiger partial charge is 0.231 e. The molecule has 3 aliphatic rings. The predicted octanol–water partition coefficient (Wildman–Crippen LogP) is 2.49. The first-order valence-electron chi connectivity index (χ1n) is 7.91. The highest BCUT2D eigenvalue weighted by Gasteiger charge is 2.45. The number of aryl methyl sites for hydroxylation is 1. The molecule has 3 aliphatic heterocycles. The molecule has 0 aliphatic carbocycles. The number of nitrogens with zero attached hydrogens (tertiary/aromatic N) is 1. The van der Waals surface area contributed by atoms with Gasteiger partial charge in [0.2, 0.25) is 5.91 Å². The molecule has 4 unspecified atom stereocenters. The minimum atomic E-state index is 0.197. The second kappa shape index (κ2) is 4.59. The third kappa shape index (κ3) is 1.80. The highest BCUT2D eigenvalue weighted by atomic mass is 16.2. The number of hydrogen-bond donors (Lipinski definition) is 1. The molecule has 1 aromatic carbocycles.